The quantitative estimate of drug-likeness (QED) is 0.864. The van der Waals surface area contributed by atoms with Gasteiger partial charge in [-0.3, -0.25) is 4.79 Å². The van der Waals surface area contributed by atoms with Crippen molar-refractivity contribution in [3.05, 3.63) is 16.1 Å². The predicted molar refractivity (Wildman–Crippen MR) is 76.0 cm³/mol. The maximum absolute atomic E-state index is 12.3. The van der Waals surface area contributed by atoms with E-state index in [4.69, 9.17) is 4.74 Å². The minimum Gasteiger partial charge on any atom is -0.396 e. The molecule has 0 unspecified atom stereocenters. The highest BCUT2D eigenvalue weighted by molar-refractivity contribution is 7.11. The lowest BCUT2D eigenvalue weighted by Gasteiger charge is -2.35. The summed E-state index contributed by atoms with van der Waals surface area (Å²) in [6, 6.07) is 0. The summed E-state index contributed by atoms with van der Waals surface area (Å²) in [6.07, 6.45) is 3.87. The number of carbonyl (C=O) groups excluding carboxylic acids is 1. The van der Waals surface area contributed by atoms with E-state index in [1.54, 1.807) is 5.51 Å². The number of aliphatic hydroxyl groups is 1. The van der Waals surface area contributed by atoms with E-state index in [2.05, 4.69) is 10.3 Å². The molecule has 0 aromatic carbocycles. The van der Waals surface area contributed by atoms with E-state index in [-0.39, 0.29) is 17.9 Å². The molecule has 2 N–H and O–H groups in total. The van der Waals surface area contributed by atoms with E-state index < -0.39 is 0 Å². The van der Waals surface area contributed by atoms with Crippen LogP contribution in [0.1, 0.15) is 47.0 Å². The molecule has 110 valence electrons. The maximum atomic E-state index is 12.3. The Hall–Kier alpha value is -0.980. The molecule has 0 bridgehead atoms. The number of rotatable bonds is 5. The van der Waals surface area contributed by atoms with Gasteiger partial charge in [-0.2, -0.15) is 0 Å². The van der Waals surface area contributed by atoms with E-state index >= 15 is 0 Å². The Kier molecular flexibility index (Phi) is 4.05. The van der Waals surface area contributed by atoms with E-state index in [9.17, 15) is 9.90 Å². The first kappa shape index (κ1) is 14.0. The third kappa shape index (κ3) is 2.87. The second-order valence-corrected chi connectivity index (χ2v) is 6.65. The minimum absolute atomic E-state index is 0.0475. The molecule has 0 atom stereocenters. The smallest absolute Gasteiger partial charge is 0.263 e. The van der Waals surface area contributed by atoms with Crippen molar-refractivity contribution >= 4 is 17.2 Å². The second kappa shape index (κ2) is 5.79. The van der Waals surface area contributed by atoms with Crippen molar-refractivity contribution in [2.24, 2.45) is 5.41 Å². The zero-order valence-electron chi connectivity index (χ0n) is 11.4. The first-order valence-electron chi connectivity index (χ1n) is 7.14. The van der Waals surface area contributed by atoms with E-state index in [1.165, 1.54) is 11.3 Å². The van der Waals surface area contributed by atoms with Crippen molar-refractivity contribution in [3.63, 3.8) is 0 Å². The lowest BCUT2D eigenvalue weighted by atomic mass is 9.81. The van der Waals surface area contributed by atoms with Crippen molar-refractivity contribution < 1.29 is 14.6 Å². The number of aromatic nitrogens is 1. The second-order valence-electron chi connectivity index (χ2n) is 5.79. The molecule has 6 heteroatoms. The molecule has 3 rings (SSSR count). The van der Waals surface area contributed by atoms with Crippen molar-refractivity contribution in [3.8, 4) is 0 Å². The Labute approximate surface area is 122 Å². The van der Waals surface area contributed by atoms with Crippen LogP contribution in [-0.4, -0.2) is 42.4 Å². The number of nitrogens with one attached hydrogen (secondary N) is 1. The van der Waals surface area contributed by atoms with Crippen LogP contribution >= 0.6 is 11.3 Å². The van der Waals surface area contributed by atoms with Crippen LogP contribution in [0.4, 0.5) is 0 Å². The standard InChI is InChI=1S/C14H20N2O3S/c17-8-14(3-5-19-6-4-14)7-15-13(18)12-11(10-1-2-10)16-9-20-12/h9-10,17H,1-8H2,(H,15,18). The fraction of sp³-hybridized carbons (Fsp3) is 0.714. The first-order valence-corrected chi connectivity index (χ1v) is 8.02. The molecule has 2 heterocycles. The van der Waals surface area contributed by atoms with E-state index in [0.717, 1.165) is 36.3 Å². The first-order chi connectivity index (χ1) is 9.74. The van der Waals surface area contributed by atoms with Crippen LogP contribution in [-0.2, 0) is 4.74 Å². The summed E-state index contributed by atoms with van der Waals surface area (Å²) in [5.41, 5.74) is 2.48. The normalized spacial score (nSPS) is 21.6. The van der Waals surface area contributed by atoms with Crippen molar-refractivity contribution in [1.29, 1.82) is 0 Å². The summed E-state index contributed by atoms with van der Waals surface area (Å²) in [4.78, 5) is 17.4. The van der Waals surface area contributed by atoms with Gasteiger partial charge >= 0.3 is 0 Å². The third-order valence-corrected chi connectivity index (χ3v) is 5.12. The molecular formula is C14H20N2O3S. The van der Waals surface area contributed by atoms with Crippen LogP contribution in [0.5, 0.6) is 0 Å². The number of hydrogen-bond donors (Lipinski definition) is 2. The Bertz CT molecular complexity index is 479. The summed E-state index contributed by atoms with van der Waals surface area (Å²) in [5.74, 6) is 0.436. The molecule has 1 aliphatic heterocycles. The van der Waals surface area contributed by atoms with Crippen LogP contribution < -0.4 is 5.32 Å². The summed E-state index contributed by atoms with van der Waals surface area (Å²) in [7, 11) is 0. The SMILES string of the molecule is O=C(NCC1(CO)CCOCC1)c1scnc1C1CC1. The molecule has 1 saturated heterocycles. The van der Waals surface area contributed by atoms with Gasteiger partial charge in [0, 0.05) is 31.1 Å². The Balaban J connectivity index is 1.62. The van der Waals surface area contributed by atoms with E-state index in [1.807, 2.05) is 0 Å². The van der Waals surface area contributed by atoms with Crippen molar-refractivity contribution in [2.45, 2.75) is 31.6 Å². The van der Waals surface area contributed by atoms with Gasteiger partial charge in [-0.15, -0.1) is 11.3 Å². The number of thiazole rings is 1. The largest absolute Gasteiger partial charge is 0.396 e. The molecule has 5 nitrogen and oxygen atoms in total. The van der Waals surface area contributed by atoms with Gasteiger partial charge < -0.3 is 15.2 Å². The number of ether oxygens (including phenoxy) is 1. The zero-order chi connectivity index (χ0) is 14.0. The monoisotopic (exact) mass is 296 g/mol. The molecular weight excluding hydrogens is 276 g/mol. The lowest BCUT2D eigenvalue weighted by Crippen LogP contribution is -2.43. The average Bonchev–Trinajstić information content (AvgIpc) is 3.23. The molecule has 1 aromatic rings. The fourth-order valence-electron chi connectivity index (χ4n) is 2.62. The predicted octanol–water partition coefficient (Wildman–Crippen LogP) is 1.54. The van der Waals surface area contributed by atoms with Gasteiger partial charge in [0.2, 0.25) is 0 Å². The van der Waals surface area contributed by atoms with Crippen LogP contribution in [0.2, 0.25) is 0 Å². The summed E-state index contributed by atoms with van der Waals surface area (Å²) >= 11 is 1.41. The van der Waals surface area contributed by atoms with Crippen LogP contribution in [0, 0.1) is 5.41 Å². The lowest BCUT2D eigenvalue weighted by molar-refractivity contribution is -0.0146. The zero-order valence-corrected chi connectivity index (χ0v) is 12.2. The fourth-order valence-corrected chi connectivity index (χ4v) is 3.41. The number of amides is 1. The maximum Gasteiger partial charge on any atom is 0.263 e. The molecule has 2 aliphatic rings. The van der Waals surface area contributed by atoms with Crippen LogP contribution in [0.15, 0.2) is 5.51 Å². The highest BCUT2D eigenvalue weighted by Gasteiger charge is 2.34. The van der Waals surface area contributed by atoms with Gasteiger partial charge in [0.05, 0.1) is 17.8 Å². The number of hydrogen-bond acceptors (Lipinski definition) is 5. The van der Waals surface area contributed by atoms with Gasteiger partial charge in [-0.1, -0.05) is 0 Å². The topological polar surface area (TPSA) is 71.5 Å². The van der Waals surface area contributed by atoms with Gasteiger partial charge in [-0.25, -0.2) is 4.98 Å². The Morgan fingerprint density at radius 2 is 2.25 bits per heavy atom. The molecule has 20 heavy (non-hydrogen) atoms. The highest BCUT2D eigenvalue weighted by Crippen LogP contribution is 2.41. The van der Waals surface area contributed by atoms with Crippen LogP contribution in [0.3, 0.4) is 0 Å². The van der Waals surface area contributed by atoms with Crippen LogP contribution in [0.25, 0.3) is 0 Å². The minimum atomic E-state index is -0.224. The van der Waals surface area contributed by atoms with Crippen molar-refractivity contribution in [1.82, 2.24) is 10.3 Å². The molecule has 0 radical (unpaired) electrons. The molecule has 1 amide bonds. The third-order valence-electron chi connectivity index (χ3n) is 4.28. The Morgan fingerprint density at radius 3 is 2.90 bits per heavy atom. The summed E-state index contributed by atoms with van der Waals surface area (Å²) in [5, 5.41) is 12.6. The van der Waals surface area contributed by atoms with Gasteiger partial charge in [-0.05, 0) is 25.7 Å². The highest BCUT2D eigenvalue weighted by atomic mass is 32.1. The molecule has 1 saturated carbocycles. The number of nitrogens with zero attached hydrogens (tertiary/aromatic N) is 1. The van der Waals surface area contributed by atoms with E-state index in [0.29, 0.717) is 25.7 Å². The Morgan fingerprint density at radius 1 is 1.50 bits per heavy atom. The number of aliphatic hydroxyl groups excluding tert-OH is 1. The number of carbonyl (C=O) groups is 1. The average molecular weight is 296 g/mol. The molecule has 0 spiro atoms. The summed E-state index contributed by atoms with van der Waals surface area (Å²) in [6.45, 7) is 1.91. The van der Waals surface area contributed by atoms with Gasteiger partial charge in [0.15, 0.2) is 0 Å². The molecule has 1 aliphatic carbocycles. The van der Waals surface area contributed by atoms with Gasteiger partial charge in [0.25, 0.3) is 5.91 Å². The molecule has 1 aromatic heterocycles. The van der Waals surface area contributed by atoms with Crippen molar-refractivity contribution in [2.75, 3.05) is 26.4 Å². The summed E-state index contributed by atoms with van der Waals surface area (Å²) < 4.78 is 5.33. The van der Waals surface area contributed by atoms with Gasteiger partial charge in [0.1, 0.15) is 4.88 Å². The molecule has 2 fully saturated rings.